The van der Waals surface area contributed by atoms with Gasteiger partial charge in [0.25, 0.3) is 0 Å². The van der Waals surface area contributed by atoms with E-state index in [1.54, 1.807) is 6.92 Å². The number of carbonyl (C=O) groups excluding carboxylic acids is 1. The van der Waals surface area contributed by atoms with Gasteiger partial charge in [-0.25, -0.2) is 4.98 Å². The molecule has 0 spiro atoms. The standard InChI is InChI=1S/C29H25F3N2O2/c1-18-7-9-21(10-8-18)27-24-6-4-3-5-20(24)15-16-34(27)26(35)17-25-19(2)36-28(33-25)22-11-13-23(14-12-22)29(30,31)32/h3-14,27H,15-17H2,1-2H3/t27-/m1/s1. The lowest BCUT2D eigenvalue weighted by atomic mass is 9.87. The summed E-state index contributed by atoms with van der Waals surface area (Å²) in [5.41, 5.74) is 4.71. The van der Waals surface area contributed by atoms with Crippen molar-refractivity contribution in [1.29, 1.82) is 0 Å². The van der Waals surface area contributed by atoms with E-state index in [4.69, 9.17) is 4.42 Å². The van der Waals surface area contributed by atoms with Gasteiger partial charge in [0.1, 0.15) is 5.76 Å². The molecule has 1 aliphatic rings. The van der Waals surface area contributed by atoms with Crippen molar-refractivity contribution in [3.63, 3.8) is 0 Å². The predicted octanol–water partition coefficient (Wildman–Crippen LogP) is 6.69. The zero-order valence-corrected chi connectivity index (χ0v) is 20.0. The smallest absolute Gasteiger partial charge is 0.416 e. The highest BCUT2D eigenvalue weighted by Crippen LogP contribution is 2.36. The molecule has 184 valence electrons. The molecule has 5 rings (SSSR count). The van der Waals surface area contributed by atoms with E-state index in [2.05, 4.69) is 29.2 Å². The largest absolute Gasteiger partial charge is 0.441 e. The van der Waals surface area contributed by atoms with Crippen LogP contribution in [0, 0.1) is 13.8 Å². The third kappa shape index (κ3) is 4.65. The van der Waals surface area contributed by atoms with E-state index in [-0.39, 0.29) is 24.3 Å². The molecule has 4 nitrogen and oxygen atoms in total. The van der Waals surface area contributed by atoms with Gasteiger partial charge in [0.2, 0.25) is 11.8 Å². The molecule has 36 heavy (non-hydrogen) atoms. The number of halogens is 3. The van der Waals surface area contributed by atoms with Gasteiger partial charge in [-0.1, -0.05) is 54.1 Å². The van der Waals surface area contributed by atoms with E-state index in [0.29, 0.717) is 23.6 Å². The molecule has 0 radical (unpaired) electrons. The molecule has 0 aliphatic carbocycles. The lowest BCUT2D eigenvalue weighted by Gasteiger charge is -2.38. The SMILES string of the molecule is Cc1ccc([C@@H]2c3ccccc3CCN2C(=O)Cc2nc(-c3ccc(C(F)(F)F)cc3)oc2C)cc1. The van der Waals surface area contributed by atoms with Crippen LogP contribution in [0.15, 0.2) is 77.2 Å². The zero-order valence-electron chi connectivity index (χ0n) is 20.0. The van der Waals surface area contributed by atoms with E-state index in [0.717, 1.165) is 35.2 Å². The number of nitrogens with zero attached hydrogens (tertiary/aromatic N) is 2. The van der Waals surface area contributed by atoms with Gasteiger partial charge >= 0.3 is 6.18 Å². The highest BCUT2D eigenvalue weighted by atomic mass is 19.4. The first-order valence-corrected chi connectivity index (χ1v) is 11.8. The lowest BCUT2D eigenvalue weighted by molar-refractivity contribution is -0.137. The zero-order chi connectivity index (χ0) is 25.4. The Morgan fingerprint density at radius 2 is 1.69 bits per heavy atom. The summed E-state index contributed by atoms with van der Waals surface area (Å²) in [4.78, 5) is 20.0. The fraction of sp³-hybridized carbons (Fsp3) is 0.241. The number of carbonyl (C=O) groups is 1. The number of hydrogen-bond donors (Lipinski definition) is 0. The number of fused-ring (bicyclic) bond motifs is 1. The summed E-state index contributed by atoms with van der Waals surface area (Å²) in [6, 6.07) is 20.9. The van der Waals surface area contributed by atoms with Gasteiger partial charge in [0, 0.05) is 12.1 Å². The summed E-state index contributed by atoms with van der Waals surface area (Å²) in [5, 5.41) is 0. The summed E-state index contributed by atoms with van der Waals surface area (Å²) in [6.45, 7) is 4.33. The van der Waals surface area contributed by atoms with Crippen LogP contribution in [0.1, 0.15) is 45.3 Å². The molecule has 0 saturated heterocycles. The number of aryl methyl sites for hydroxylation is 2. The van der Waals surface area contributed by atoms with Crippen LogP contribution >= 0.6 is 0 Å². The quantitative estimate of drug-likeness (QED) is 0.320. The number of alkyl halides is 3. The second kappa shape index (κ2) is 9.30. The Hall–Kier alpha value is -3.87. The van der Waals surface area contributed by atoms with E-state index >= 15 is 0 Å². The number of amides is 1. The van der Waals surface area contributed by atoms with Crippen molar-refractivity contribution in [2.24, 2.45) is 0 Å². The van der Waals surface area contributed by atoms with Crippen molar-refractivity contribution in [2.75, 3.05) is 6.54 Å². The van der Waals surface area contributed by atoms with Crippen molar-refractivity contribution in [3.05, 3.63) is 112 Å². The average Bonchev–Trinajstić information content (AvgIpc) is 3.23. The van der Waals surface area contributed by atoms with Crippen LogP contribution in [0.2, 0.25) is 0 Å². The molecule has 1 atom stereocenters. The molecule has 0 bridgehead atoms. The number of rotatable bonds is 4. The number of benzene rings is 3. The molecule has 1 aliphatic heterocycles. The van der Waals surface area contributed by atoms with Crippen molar-refractivity contribution in [1.82, 2.24) is 9.88 Å². The molecule has 1 aromatic heterocycles. The highest BCUT2D eigenvalue weighted by Gasteiger charge is 2.33. The second-order valence-corrected chi connectivity index (χ2v) is 9.12. The summed E-state index contributed by atoms with van der Waals surface area (Å²) >= 11 is 0. The van der Waals surface area contributed by atoms with Gasteiger partial charge < -0.3 is 9.32 Å². The molecular formula is C29H25F3N2O2. The number of oxazole rings is 1. The molecule has 4 aromatic rings. The van der Waals surface area contributed by atoms with Gasteiger partial charge in [-0.2, -0.15) is 13.2 Å². The average molecular weight is 491 g/mol. The molecule has 2 heterocycles. The predicted molar refractivity (Wildman–Crippen MR) is 130 cm³/mol. The van der Waals surface area contributed by atoms with Crippen LogP contribution in [-0.4, -0.2) is 22.3 Å². The molecule has 0 unspecified atom stereocenters. The molecule has 0 saturated carbocycles. The Kier molecular flexibility index (Phi) is 6.16. The van der Waals surface area contributed by atoms with Crippen molar-refractivity contribution >= 4 is 5.91 Å². The summed E-state index contributed by atoms with van der Waals surface area (Å²) in [5.74, 6) is 0.594. The van der Waals surface area contributed by atoms with Gasteiger partial charge in [0.05, 0.1) is 23.7 Å². The Labute approximate surface area is 207 Å². The fourth-order valence-electron chi connectivity index (χ4n) is 4.71. The minimum absolute atomic E-state index is 0.0422. The van der Waals surface area contributed by atoms with E-state index < -0.39 is 11.7 Å². The summed E-state index contributed by atoms with van der Waals surface area (Å²) < 4.78 is 44.4. The monoisotopic (exact) mass is 490 g/mol. The first kappa shape index (κ1) is 23.9. The normalized spacial score (nSPS) is 15.6. The molecular weight excluding hydrogens is 465 g/mol. The Morgan fingerprint density at radius 3 is 2.39 bits per heavy atom. The maximum Gasteiger partial charge on any atom is 0.416 e. The Balaban J connectivity index is 1.42. The first-order valence-electron chi connectivity index (χ1n) is 11.8. The Morgan fingerprint density at radius 1 is 1.00 bits per heavy atom. The third-order valence-corrected chi connectivity index (χ3v) is 6.67. The van der Waals surface area contributed by atoms with Crippen LogP contribution < -0.4 is 0 Å². The number of aromatic nitrogens is 1. The maximum atomic E-state index is 13.6. The van der Waals surface area contributed by atoms with Crippen LogP contribution in [-0.2, 0) is 23.8 Å². The van der Waals surface area contributed by atoms with Gasteiger partial charge in [-0.3, -0.25) is 4.79 Å². The Bertz CT molecular complexity index is 1390. The topological polar surface area (TPSA) is 46.3 Å². The molecule has 1 amide bonds. The first-order chi connectivity index (χ1) is 17.2. The van der Waals surface area contributed by atoms with Crippen LogP contribution in [0.4, 0.5) is 13.2 Å². The minimum atomic E-state index is -4.41. The van der Waals surface area contributed by atoms with Crippen molar-refractivity contribution in [2.45, 2.75) is 38.9 Å². The van der Waals surface area contributed by atoms with Crippen LogP contribution in [0.5, 0.6) is 0 Å². The molecule has 0 N–H and O–H groups in total. The third-order valence-electron chi connectivity index (χ3n) is 6.67. The van der Waals surface area contributed by atoms with Crippen molar-refractivity contribution < 1.29 is 22.4 Å². The highest BCUT2D eigenvalue weighted by molar-refractivity contribution is 5.80. The van der Waals surface area contributed by atoms with Gasteiger partial charge in [-0.15, -0.1) is 0 Å². The minimum Gasteiger partial charge on any atom is -0.441 e. The van der Waals surface area contributed by atoms with E-state index in [1.165, 1.54) is 17.7 Å². The molecule has 3 aromatic carbocycles. The molecule has 0 fully saturated rings. The lowest BCUT2D eigenvalue weighted by Crippen LogP contribution is -2.41. The van der Waals surface area contributed by atoms with Crippen LogP contribution in [0.25, 0.3) is 11.5 Å². The van der Waals surface area contributed by atoms with Gasteiger partial charge in [-0.05, 0) is 61.2 Å². The van der Waals surface area contributed by atoms with Gasteiger partial charge in [0.15, 0.2) is 0 Å². The number of hydrogen-bond acceptors (Lipinski definition) is 3. The van der Waals surface area contributed by atoms with Crippen LogP contribution in [0.3, 0.4) is 0 Å². The molecule has 7 heteroatoms. The fourth-order valence-corrected chi connectivity index (χ4v) is 4.71. The second-order valence-electron chi connectivity index (χ2n) is 9.12. The summed E-state index contributed by atoms with van der Waals surface area (Å²) in [7, 11) is 0. The van der Waals surface area contributed by atoms with E-state index in [1.807, 2.05) is 36.1 Å². The maximum absolute atomic E-state index is 13.6. The summed E-state index contributed by atoms with van der Waals surface area (Å²) in [6.07, 6.45) is -3.61. The van der Waals surface area contributed by atoms with Crippen molar-refractivity contribution in [3.8, 4) is 11.5 Å². The van der Waals surface area contributed by atoms with E-state index in [9.17, 15) is 18.0 Å².